The first-order chi connectivity index (χ1) is 15.5. The molecule has 0 bridgehead atoms. The fraction of sp³-hybridized carbons (Fsp3) is 0.174. The lowest BCUT2D eigenvalue weighted by Crippen LogP contribution is -2.26. The second-order valence-electron chi connectivity index (χ2n) is 7.02. The Bertz CT molecular complexity index is 1340. The predicted octanol–water partition coefficient (Wildman–Crippen LogP) is 4.36. The lowest BCUT2D eigenvalue weighted by Gasteiger charge is -2.16. The fourth-order valence-electron chi connectivity index (χ4n) is 3.20. The molecule has 1 amide bonds. The Labute approximate surface area is 193 Å². The van der Waals surface area contributed by atoms with Crippen LogP contribution in [0.2, 0.25) is 5.02 Å². The van der Waals surface area contributed by atoms with Crippen LogP contribution in [0.1, 0.15) is 11.3 Å². The van der Waals surface area contributed by atoms with Crippen LogP contribution >= 0.6 is 23.4 Å². The molecule has 9 heteroatoms. The molecule has 0 spiro atoms. The Morgan fingerprint density at radius 2 is 2.09 bits per heavy atom. The monoisotopic (exact) mass is 469 g/mol. The van der Waals surface area contributed by atoms with Crippen molar-refractivity contribution < 1.29 is 13.9 Å². The number of halogens is 1. The number of thioether (sulfide) groups is 1. The van der Waals surface area contributed by atoms with Crippen molar-refractivity contribution >= 4 is 40.2 Å². The Hall–Kier alpha value is -3.23. The Morgan fingerprint density at radius 3 is 2.84 bits per heavy atom. The Balaban J connectivity index is 1.73. The number of carbonyl (C=O) groups excluding carboxylic acids is 1. The van der Waals surface area contributed by atoms with Gasteiger partial charge >= 0.3 is 0 Å². The van der Waals surface area contributed by atoms with Gasteiger partial charge < -0.3 is 14.5 Å². The van der Waals surface area contributed by atoms with Gasteiger partial charge in [-0.3, -0.25) is 14.2 Å². The third kappa shape index (κ3) is 4.66. The fourth-order valence-corrected chi connectivity index (χ4v) is 4.20. The molecule has 1 N–H and O–H groups in total. The summed E-state index contributed by atoms with van der Waals surface area (Å²) in [5, 5.41) is 4.05. The summed E-state index contributed by atoms with van der Waals surface area (Å²) in [6.45, 7) is 2.21. The van der Waals surface area contributed by atoms with Gasteiger partial charge in [0.25, 0.3) is 5.56 Å². The average molecular weight is 470 g/mol. The smallest absolute Gasteiger partial charge is 0.266 e. The zero-order valence-corrected chi connectivity index (χ0v) is 19.0. The first-order valence-corrected chi connectivity index (χ1v) is 11.1. The van der Waals surface area contributed by atoms with Gasteiger partial charge in [-0.05, 0) is 55.0 Å². The minimum absolute atomic E-state index is 0.0628. The maximum Gasteiger partial charge on any atom is 0.266 e. The molecule has 0 aliphatic heterocycles. The van der Waals surface area contributed by atoms with E-state index in [0.717, 1.165) is 17.3 Å². The number of hydrogen-bond donors (Lipinski definition) is 1. The highest BCUT2D eigenvalue weighted by Crippen LogP contribution is 2.28. The number of hydrogen-bond acceptors (Lipinski definition) is 6. The lowest BCUT2D eigenvalue weighted by atomic mass is 10.2. The van der Waals surface area contributed by atoms with E-state index in [0.29, 0.717) is 38.3 Å². The van der Waals surface area contributed by atoms with Crippen molar-refractivity contribution in [2.45, 2.75) is 18.6 Å². The third-order valence-corrected chi connectivity index (χ3v) is 5.92. The number of fused-ring (bicyclic) bond motifs is 1. The Morgan fingerprint density at radius 1 is 1.25 bits per heavy atom. The topological polar surface area (TPSA) is 86.4 Å². The minimum Gasteiger partial charge on any atom is -0.495 e. The highest BCUT2D eigenvalue weighted by atomic mass is 35.5. The maximum atomic E-state index is 13.5. The van der Waals surface area contributed by atoms with E-state index in [4.69, 9.17) is 20.8 Å². The molecular weight excluding hydrogens is 450 g/mol. The lowest BCUT2D eigenvalue weighted by molar-refractivity contribution is -0.118. The van der Waals surface area contributed by atoms with Crippen molar-refractivity contribution in [1.29, 1.82) is 0 Å². The molecule has 0 fully saturated rings. The summed E-state index contributed by atoms with van der Waals surface area (Å²) in [5.41, 5.74) is 1.70. The second kappa shape index (κ2) is 9.50. The maximum absolute atomic E-state index is 13.5. The molecule has 0 radical (unpaired) electrons. The van der Waals surface area contributed by atoms with E-state index >= 15 is 0 Å². The van der Waals surface area contributed by atoms with E-state index in [9.17, 15) is 9.59 Å². The van der Waals surface area contributed by atoms with Crippen LogP contribution in [0.4, 0.5) is 0 Å². The first-order valence-electron chi connectivity index (χ1n) is 9.75. The highest BCUT2D eigenvalue weighted by Gasteiger charge is 2.18. The van der Waals surface area contributed by atoms with Crippen molar-refractivity contribution in [3.8, 4) is 11.4 Å². The number of rotatable bonds is 7. The Kier molecular flexibility index (Phi) is 6.53. The van der Waals surface area contributed by atoms with Crippen LogP contribution < -0.4 is 15.6 Å². The number of amides is 1. The molecular formula is C23H20ClN3O4S. The standard InChI is InChI=1S/C23H20ClN3O4S/c1-14-5-8-20(30-2)19(10-14)27-22(29)17-7-6-15(24)11-18(17)26-23(27)32-13-21(28)25-12-16-4-3-9-31-16/h3-11H,12-13H2,1-2H3,(H,25,28). The summed E-state index contributed by atoms with van der Waals surface area (Å²) in [6, 6.07) is 14.0. The van der Waals surface area contributed by atoms with E-state index in [-0.39, 0.29) is 23.8 Å². The van der Waals surface area contributed by atoms with Gasteiger partial charge in [-0.15, -0.1) is 0 Å². The molecule has 0 saturated heterocycles. The number of nitrogens with zero attached hydrogens (tertiary/aromatic N) is 2. The normalized spacial score (nSPS) is 11.0. The molecule has 164 valence electrons. The number of methoxy groups -OCH3 is 1. The van der Waals surface area contributed by atoms with Crippen LogP contribution in [0, 0.1) is 6.92 Å². The van der Waals surface area contributed by atoms with Crippen molar-refractivity contribution in [3.63, 3.8) is 0 Å². The van der Waals surface area contributed by atoms with Gasteiger partial charge in [0, 0.05) is 5.02 Å². The van der Waals surface area contributed by atoms with E-state index in [1.807, 2.05) is 19.1 Å². The molecule has 0 aliphatic rings. The molecule has 0 saturated carbocycles. The van der Waals surface area contributed by atoms with Crippen molar-refractivity contribution in [3.05, 3.63) is 81.5 Å². The summed E-state index contributed by atoms with van der Waals surface area (Å²) in [6.07, 6.45) is 1.55. The number of furan rings is 1. The zero-order valence-electron chi connectivity index (χ0n) is 17.4. The van der Waals surface area contributed by atoms with E-state index in [2.05, 4.69) is 10.3 Å². The van der Waals surface area contributed by atoms with Crippen LogP contribution in [-0.4, -0.2) is 28.3 Å². The minimum atomic E-state index is -0.269. The first kappa shape index (κ1) is 22.0. The summed E-state index contributed by atoms with van der Waals surface area (Å²) in [7, 11) is 1.54. The predicted molar refractivity (Wildman–Crippen MR) is 125 cm³/mol. The van der Waals surface area contributed by atoms with Gasteiger partial charge in [0.05, 0.1) is 42.3 Å². The number of carbonyl (C=O) groups is 1. The molecule has 0 unspecified atom stereocenters. The van der Waals surface area contributed by atoms with Gasteiger partial charge in [-0.25, -0.2) is 4.98 Å². The summed E-state index contributed by atoms with van der Waals surface area (Å²) in [5.74, 6) is 1.03. The van der Waals surface area contributed by atoms with Gasteiger partial charge in [0.15, 0.2) is 5.16 Å². The van der Waals surface area contributed by atoms with Crippen LogP contribution in [0.25, 0.3) is 16.6 Å². The van der Waals surface area contributed by atoms with Crippen LogP contribution in [-0.2, 0) is 11.3 Å². The molecule has 2 heterocycles. The molecule has 7 nitrogen and oxygen atoms in total. The summed E-state index contributed by atoms with van der Waals surface area (Å²) in [4.78, 5) is 30.5. The molecule has 2 aromatic heterocycles. The molecule has 2 aromatic carbocycles. The third-order valence-electron chi connectivity index (χ3n) is 4.75. The van der Waals surface area contributed by atoms with Crippen LogP contribution in [0.3, 0.4) is 0 Å². The van der Waals surface area contributed by atoms with Crippen molar-refractivity contribution in [2.24, 2.45) is 0 Å². The SMILES string of the molecule is COc1ccc(C)cc1-n1c(SCC(=O)NCc2ccco2)nc2cc(Cl)ccc2c1=O. The van der Waals surface area contributed by atoms with Gasteiger partial charge in [-0.1, -0.05) is 29.4 Å². The molecule has 0 aliphatic carbocycles. The average Bonchev–Trinajstić information content (AvgIpc) is 3.30. The molecule has 4 aromatic rings. The van der Waals surface area contributed by atoms with Crippen molar-refractivity contribution in [1.82, 2.24) is 14.9 Å². The highest BCUT2D eigenvalue weighted by molar-refractivity contribution is 7.99. The van der Waals surface area contributed by atoms with Crippen LogP contribution in [0.15, 0.2) is 69.2 Å². The van der Waals surface area contributed by atoms with Gasteiger partial charge in [0.1, 0.15) is 11.5 Å². The molecule has 32 heavy (non-hydrogen) atoms. The van der Waals surface area contributed by atoms with E-state index in [1.54, 1.807) is 49.8 Å². The quantitative estimate of drug-likeness (QED) is 0.320. The number of aryl methyl sites for hydroxylation is 1. The van der Waals surface area contributed by atoms with E-state index in [1.165, 1.54) is 4.57 Å². The van der Waals surface area contributed by atoms with Crippen molar-refractivity contribution in [2.75, 3.05) is 12.9 Å². The van der Waals surface area contributed by atoms with Gasteiger partial charge in [-0.2, -0.15) is 0 Å². The summed E-state index contributed by atoms with van der Waals surface area (Å²) < 4.78 is 12.2. The number of nitrogens with one attached hydrogen (secondary N) is 1. The largest absolute Gasteiger partial charge is 0.495 e. The number of aromatic nitrogens is 2. The molecule has 0 atom stereocenters. The van der Waals surface area contributed by atoms with Gasteiger partial charge in [0.2, 0.25) is 5.91 Å². The van der Waals surface area contributed by atoms with E-state index < -0.39 is 0 Å². The summed E-state index contributed by atoms with van der Waals surface area (Å²) >= 11 is 7.28. The number of ether oxygens (including phenoxy) is 1. The van der Waals surface area contributed by atoms with Crippen LogP contribution in [0.5, 0.6) is 5.75 Å². The zero-order chi connectivity index (χ0) is 22.7. The second-order valence-corrected chi connectivity index (χ2v) is 8.40. The molecule has 4 rings (SSSR count). The number of benzene rings is 2.